The van der Waals surface area contributed by atoms with Crippen molar-refractivity contribution in [1.29, 1.82) is 0 Å². The van der Waals surface area contributed by atoms with Crippen LogP contribution in [0.25, 0.3) is 0 Å². The van der Waals surface area contributed by atoms with Crippen LogP contribution in [-0.4, -0.2) is 67.6 Å². The van der Waals surface area contributed by atoms with Crippen LogP contribution in [0.3, 0.4) is 0 Å². The van der Waals surface area contributed by atoms with Crippen LogP contribution in [0.2, 0.25) is 0 Å². The van der Waals surface area contributed by atoms with Crippen molar-refractivity contribution in [2.45, 2.75) is 45.4 Å². The molecule has 1 aliphatic heterocycles. The molecule has 0 bridgehead atoms. The SMILES string of the molecule is C=CCCCN(C)C(=NC)NCc1ccc(C(=O)N2CC(C)OC(C)C2)cc1.I. The van der Waals surface area contributed by atoms with Gasteiger partial charge in [-0.2, -0.15) is 0 Å². The number of ether oxygens (including phenoxy) is 1. The lowest BCUT2D eigenvalue weighted by Gasteiger charge is -2.35. The van der Waals surface area contributed by atoms with Gasteiger partial charge in [0.2, 0.25) is 0 Å². The van der Waals surface area contributed by atoms with Gasteiger partial charge in [0.1, 0.15) is 0 Å². The molecule has 7 heteroatoms. The van der Waals surface area contributed by atoms with E-state index in [0.29, 0.717) is 19.6 Å². The molecule has 162 valence electrons. The van der Waals surface area contributed by atoms with Crippen molar-refractivity contribution in [3.05, 3.63) is 48.0 Å². The Morgan fingerprint density at radius 1 is 1.31 bits per heavy atom. The number of amides is 1. The molecule has 1 fully saturated rings. The molecule has 1 N–H and O–H groups in total. The zero-order valence-electron chi connectivity index (χ0n) is 18.1. The van der Waals surface area contributed by atoms with Gasteiger partial charge in [-0.3, -0.25) is 9.79 Å². The number of nitrogens with zero attached hydrogens (tertiary/aromatic N) is 3. The van der Waals surface area contributed by atoms with E-state index in [1.807, 2.05) is 56.1 Å². The predicted octanol–water partition coefficient (Wildman–Crippen LogP) is 3.53. The van der Waals surface area contributed by atoms with E-state index in [0.717, 1.165) is 36.5 Å². The molecule has 1 aromatic rings. The molecule has 29 heavy (non-hydrogen) atoms. The maximum absolute atomic E-state index is 12.8. The minimum Gasteiger partial charge on any atom is -0.372 e. The summed E-state index contributed by atoms with van der Waals surface area (Å²) in [5.41, 5.74) is 1.83. The predicted molar refractivity (Wildman–Crippen MR) is 130 cm³/mol. The molecule has 6 nitrogen and oxygen atoms in total. The number of benzene rings is 1. The van der Waals surface area contributed by atoms with Gasteiger partial charge in [-0.15, -0.1) is 30.6 Å². The number of allylic oxidation sites excluding steroid dienone is 1. The van der Waals surface area contributed by atoms with Crippen LogP contribution >= 0.6 is 24.0 Å². The number of carbonyl (C=O) groups is 1. The Kier molecular flexibility index (Phi) is 11.3. The summed E-state index contributed by atoms with van der Waals surface area (Å²) in [6.45, 7) is 10.6. The third-order valence-corrected chi connectivity index (χ3v) is 4.83. The van der Waals surface area contributed by atoms with Crippen LogP contribution in [-0.2, 0) is 11.3 Å². The number of halogens is 1. The molecular weight excluding hydrogens is 479 g/mol. The monoisotopic (exact) mass is 514 g/mol. The van der Waals surface area contributed by atoms with Crippen LogP contribution in [0.1, 0.15) is 42.6 Å². The maximum Gasteiger partial charge on any atom is 0.254 e. The third-order valence-electron chi connectivity index (χ3n) is 4.83. The number of guanidine groups is 1. The molecule has 0 aromatic heterocycles. The standard InChI is InChI=1S/C22H34N4O2.HI/c1-6-7-8-13-25(5)22(23-4)24-14-19-9-11-20(12-10-19)21(27)26-15-17(2)28-18(3)16-26;/h6,9-12,17-18H,1,7-8,13-16H2,2-5H3,(H,23,24);1H. The molecule has 0 saturated carbocycles. The van der Waals surface area contributed by atoms with Crippen LogP contribution in [0.5, 0.6) is 0 Å². The van der Waals surface area contributed by atoms with Crippen LogP contribution in [0.4, 0.5) is 0 Å². The second-order valence-electron chi connectivity index (χ2n) is 7.42. The van der Waals surface area contributed by atoms with Gasteiger partial charge < -0.3 is 19.9 Å². The van der Waals surface area contributed by atoms with Crippen molar-refractivity contribution < 1.29 is 9.53 Å². The molecule has 1 amide bonds. The Balaban J connectivity index is 0.00000420. The molecular formula is C22H35IN4O2. The zero-order valence-corrected chi connectivity index (χ0v) is 20.4. The fourth-order valence-electron chi connectivity index (χ4n) is 3.44. The normalized spacial score (nSPS) is 19.3. The van der Waals surface area contributed by atoms with E-state index in [1.54, 1.807) is 7.05 Å². The summed E-state index contributed by atoms with van der Waals surface area (Å²) in [7, 11) is 3.82. The zero-order chi connectivity index (χ0) is 20.5. The Labute approximate surface area is 192 Å². The molecule has 0 aliphatic carbocycles. The molecule has 1 saturated heterocycles. The number of unbranched alkanes of at least 4 members (excludes halogenated alkanes) is 1. The van der Waals surface area contributed by atoms with Crippen LogP contribution in [0.15, 0.2) is 41.9 Å². The highest BCUT2D eigenvalue weighted by atomic mass is 127. The van der Waals surface area contributed by atoms with Gasteiger partial charge in [0.25, 0.3) is 5.91 Å². The average Bonchev–Trinajstić information content (AvgIpc) is 2.68. The summed E-state index contributed by atoms with van der Waals surface area (Å²) in [5, 5.41) is 3.37. The topological polar surface area (TPSA) is 57.2 Å². The van der Waals surface area contributed by atoms with Gasteiger partial charge in [-0.1, -0.05) is 18.2 Å². The smallest absolute Gasteiger partial charge is 0.254 e. The van der Waals surface area contributed by atoms with Crippen molar-refractivity contribution in [2.75, 3.05) is 33.7 Å². The molecule has 2 rings (SSSR count). The third kappa shape index (κ3) is 7.97. The first kappa shape index (κ1) is 25.4. The van der Waals surface area contributed by atoms with E-state index in [1.165, 1.54) is 0 Å². The van der Waals surface area contributed by atoms with Crippen molar-refractivity contribution in [2.24, 2.45) is 4.99 Å². The second-order valence-corrected chi connectivity index (χ2v) is 7.42. The van der Waals surface area contributed by atoms with Gasteiger partial charge in [0.05, 0.1) is 12.2 Å². The van der Waals surface area contributed by atoms with Gasteiger partial charge in [0.15, 0.2) is 5.96 Å². The van der Waals surface area contributed by atoms with E-state index < -0.39 is 0 Å². The second kappa shape index (κ2) is 12.8. The first-order chi connectivity index (χ1) is 13.4. The Bertz CT molecular complexity index is 668. The largest absolute Gasteiger partial charge is 0.372 e. The Morgan fingerprint density at radius 3 is 2.48 bits per heavy atom. The van der Waals surface area contributed by atoms with E-state index in [-0.39, 0.29) is 42.1 Å². The van der Waals surface area contributed by atoms with E-state index >= 15 is 0 Å². The molecule has 0 spiro atoms. The molecule has 0 radical (unpaired) electrons. The molecule has 1 heterocycles. The maximum atomic E-state index is 12.8. The summed E-state index contributed by atoms with van der Waals surface area (Å²) in [5.74, 6) is 0.930. The molecule has 1 aliphatic rings. The lowest BCUT2D eigenvalue weighted by molar-refractivity contribution is -0.0586. The van der Waals surface area contributed by atoms with Gasteiger partial charge in [-0.05, 0) is 44.4 Å². The Morgan fingerprint density at radius 2 is 1.93 bits per heavy atom. The highest BCUT2D eigenvalue weighted by Gasteiger charge is 2.26. The minimum absolute atomic E-state index is 0. The molecule has 1 aromatic carbocycles. The minimum atomic E-state index is 0. The highest BCUT2D eigenvalue weighted by Crippen LogP contribution is 2.15. The number of nitrogens with one attached hydrogen (secondary N) is 1. The van der Waals surface area contributed by atoms with Crippen LogP contribution < -0.4 is 5.32 Å². The van der Waals surface area contributed by atoms with Crippen molar-refractivity contribution in [1.82, 2.24) is 15.1 Å². The lowest BCUT2D eigenvalue weighted by atomic mass is 10.1. The number of rotatable bonds is 7. The first-order valence-corrected chi connectivity index (χ1v) is 10.0. The molecule has 2 atom stereocenters. The van der Waals surface area contributed by atoms with E-state index in [4.69, 9.17) is 4.74 Å². The quantitative estimate of drug-likeness (QED) is 0.199. The van der Waals surface area contributed by atoms with Crippen LogP contribution in [0, 0.1) is 0 Å². The summed E-state index contributed by atoms with van der Waals surface area (Å²) >= 11 is 0. The number of carbonyl (C=O) groups excluding carboxylic acids is 1. The summed E-state index contributed by atoms with van der Waals surface area (Å²) in [4.78, 5) is 21.1. The lowest BCUT2D eigenvalue weighted by Crippen LogP contribution is -2.48. The molecule has 2 unspecified atom stereocenters. The van der Waals surface area contributed by atoms with E-state index in [9.17, 15) is 4.79 Å². The van der Waals surface area contributed by atoms with Crippen molar-refractivity contribution in [3.8, 4) is 0 Å². The van der Waals surface area contributed by atoms with E-state index in [2.05, 4.69) is 21.8 Å². The summed E-state index contributed by atoms with van der Waals surface area (Å²) in [6.07, 6.45) is 4.14. The average molecular weight is 514 g/mol. The fraction of sp³-hybridized carbons (Fsp3) is 0.545. The van der Waals surface area contributed by atoms with Crippen molar-refractivity contribution in [3.63, 3.8) is 0 Å². The number of morpholine rings is 1. The highest BCUT2D eigenvalue weighted by molar-refractivity contribution is 14.0. The summed E-state index contributed by atoms with van der Waals surface area (Å²) < 4.78 is 5.71. The Hall–Kier alpha value is -1.61. The van der Waals surface area contributed by atoms with Gasteiger partial charge >= 0.3 is 0 Å². The van der Waals surface area contributed by atoms with Gasteiger partial charge in [-0.25, -0.2) is 0 Å². The number of hydrogen-bond acceptors (Lipinski definition) is 3. The number of aliphatic imine (C=N–C) groups is 1. The van der Waals surface area contributed by atoms with Gasteiger partial charge in [0, 0.05) is 45.8 Å². The fourth-order valence-corrected chi connectivity index (χ4v) is 3.44. The number of hydrogen-bond donors (Lipinski definition) is 1. The summed E-state index contributed by atoms with van der Waals surface area (Å²) in [6, 6.07) is 7.80. The van der Waals surface area contributed by atoms with Crippen molar-refractivity contribution >= 4 is 35.8 Å². The first-order valence-electron chi connectivity index (χ1n) is 10.0.